The highest BCUT2D eigenvalue weighted by Gasteiger charge is 2.41. The third-order valence-corrected chi connectivity index (χ3v) is 5.17. The van der Waals surface area contributed by atoms with E-state index in [1.807, 2.05) is 0 Å². The van der Waals surface area contributed by atoms with E-state index < -0.39 is 11.8 Å². The highest BCUT2D eigenvalue weighted by molar-refractivity contribution is 5.77. The summed E-state index contributed by atoms with van der Waals surface area (Å²) in [6, 6.07) is 8.46. The zero-order chi connectivity index (χ0) is 21.1. The van der Waals surface area contributed by atoms with Crippen LogP contribution >= 0.6 is 0 Å². The predicted molar refractivity (Wildman–Crippen MR) is 113 cm³/mol. The molecular formula is C23H35NO5. The molecule has 1 fully saturated rings. The van der Waals surface area contributed by atoms with E-state index in [1.54, 1.807) is 6.92 Å². The first-order valence-electron chi connectivity index (χ1n) is 10.5. The highest BCUT2D eigenvalue weighted by Crippen LogP contribution is 2.25. The van der Waals surface area contributed by atoms with Gasteiger partial charge in [0.15, 0.2) is 0 Å². The third kappa shape index (κ3) is 7.46. The minimum atomic E-state index is -1.27. The predicted octanol–water partition coefficient (Wildman–Crippen LogP) is 4.24. The average molecular weight is 406 g/mol. The van der Waals surface area contributed by atoms with Gasteiger partial charge in [-0.25, -0.2) is 4.79 Å². The minimum Gasteiger partial charge on any atom is -0.465 e. The Balaban J connectivity index is 1.56. The standard InChI is InChI=1S/C23H35NO5/c1-5-6-9-19-11-13-21(14-12-19)18(2)24-29-15-8-7-10-20-16-27-23(3,28-17-20)22(25)26-4/h11-14,20,24H,2,5-10,15-17H2,1,3-4H3. The molecule has 0 aliphatic carbocycles. The SMILES string of the molecule is C=C(NOCCCCC1COC(C)(C(=O)OC)OC1)c1ccc(CCCC)cc1. The van der Waals surface area contributed by atoms with Crippen molar-refractivity contribution in [2.75, 3.05) is 26.9 Å². The van der Waals surface area contributed by atoms with E-state index in [9.17, 15) is 4.79 Å². The summed E-state index contributed by atoms with van der Waals surface area (Å²) in [6.45, 7) is 9.43. The topological polar surface area (TPSA) is 66.0 Å². The van der Waals surface area contributed by atoms with Gasteiger partial charge in [0, 0.05) is 12.8 Å². The maximum absolute atomic E-state index is 11.6. The molecule has 6 heteroatoms. The lowest BCUT2D eigenvalue weighted by atomic mass is 10.0. The summed E-state index contributed by atoms with van der Waals surface area (Å²) in [5.41, 5.74) is 6.09. The molecule has 0 atom stereocenters. The van der Waals surface area contributed by atoms with E-state index in [0.29, 0.717) is 19.8 Å². The zero-order valence-electron chi connectivity index (χ0n) is 18.0. The van der Waals surface area contributed by atoms with Crippen LogP contribution < -0.4 is 5.48 Å². The average Bonchev–Trinajstić information content (AvgIpc) is 2.75. The van der Waals surface area contributed by atoms with Crippen LogP contribution in [-0.2, 0) is 30.3 Å². The number of carbonyl (C=O) groups is 1. The Hall–Kier alpha value is -1.89. The highest BCUT2D eigenvalue weighted by atomic mass is 16.7. The smallest absolute Gasteiger partial charge is 0.366 e. The van der Waals surface area contributed by atoms with Gasteiger partial charge in [-0.1, -0.05) is 50.6 Å². The fourth-order valence-corrected chi connectivity index (χ4v) is 3.17. The van der Waals surface area contributed by atoms with Gasteiger partial charge in [0.2, 0.25) is 0 Å². The van der Waals surface area contributed by atoms with E-state index in [1.165, 1.54) is 25.5 Å². The Labute approximate surface area is 174 Å². The van der Waals surface area contributed by atoms with Crippen LogP contribution in [0.4, 0.5) is 0 Å². The molecule has 0 bridgehead atoms. The van der Waals surface area contributed by atoms with Crippen LogP contribution in [0.1, 0.15) is 57.1 Å². The van der Waals surface area contributed by atoms with Crippen molar-refractivity contribution in [3.8, 4) is 0 Å². The molecule has 6 nitrogen and oxygen atoms in total. The van der Waals surface area contributed by atoms with Crippen LogP contribution in [0.5, 0.6) is 0 Å². The number of carbonyl (C=O) groups excluding carboxylic acids is 1. The summed E-state index contributed by atoms with van der Waals surface area (Å²) in [7, 11) is 1.33. The van der Waals surface area contributed by atoms with Gasteiger partial charge in [-0.05, 0) is 36.8 Å². The first-order valence-corrected chi connectivity index (χ1v) is 10.5. The Bertz CT molecular complexity index is 635. The molecule has 1 aromatic rings. The number of hydrogen-bond donors (Lipinski definition) is 1. The van der Waals surface area contributed by atoms with Crippen molar-refractivity contribution in [3.05, 3.63) is 42.0 Å². The molecule has 1 N–H and O–H groups in total. The molecule has 1 heterocycles. The van der Waals surface area contributed by atoms with Gasteiger partial charge >= 0.3 is 5.97 Å². The quantitative estimate of drug-likeness (QED) is 0.319. The third-order valence-electron chi connectivity index (χ3n) is 5.17. The number of aryl methyl sites for hydroxylation is 1. The Morgan fingerprint density at radius 2 is 1.90 bits per heavy atom. The van der Waals surface area contributed by atoms with Gasteiger partial charge in [0.25, 0.3) is 5.79 Å². The van der Waals surface area contributed by atoms with Gasteiger partial charge < -0.3 is 14.2 Å². The summed E-state index contributed by atoms with van der Waals surface area (Å²) >= 11 is 0. The van der Waals surface area contributed by atoms with E-state index >= 15 is 0 Å². The number of rotatable bonds is 12. The Morgan fingerprint density at radius 3 is 2.52 bits per heavy atom. The number of methoxy groups -OCH3 is 1. The van der Waals surface area contributed by atoms with Crippen molar-refractivity contribution >= 4 is 11.7 Å². The second-order valence-electron chi connectivity index (χ2n) is 7.65. The summed E-state index contributed by atoms with van der Waals surface area (Å²) in [6.07, 6.45) is 6.41. The van der Waals surface area contributed by atoms with Gasteiger partial charge in [-0.15, -0.1) is 0 Å². The number of ether oxygens (including phenoxy) is 3. The molecule has 1 aromatic carbocycles. The van der Waals surface area contributed by atoms with Gasteiger partial charge in [-0.3, -0.25) is 10.3 Å². The fourth-order valence-electron chi connectivity index (χ4n) is 3.17. The normalized spacial score (nSPS) is 21.6. The van der Waals surface area contributed by atoms with E-state index in [4.69, 9.17) is 19.0 Å². The first kappa shape index (κ1) is 23.4. The molecule has 29 heavy (non-hydrogen) atoms. The number of hydrogen-bond acceptors (Lipinski definition) is 6. The van der Waals surface area contributed by atoms with Crippen LogP contribution in [-0.4, -0.2) is 38.7 Å². The molecule has 1 saturated heterocycles. The minimum absolute atomic E-state index is 0.280. The van der Waals surface area contributed by atoms with Crippen LogP contribution in [0.15, 0.2) is 30.8 Å². The molecule has 0 spiro atoms. The maximum atomic E-state index is 11.6. The van der Waals surface area contributed by atoms with Crippen molar-refractivity contribution in [1.82, 2.24) is 5.48 Å². The van der Waals surface area contributed by atoms with E-state index in [0.717, 1.165) is 36.9 Å². The maximum Gasteiger partial charge on any atom is 0.366 e. The van der Waals surface area contributed by atoms with Crippen LogP contribution in [0.25, 0.3) is 5.70 Å². The van der Waals surface area contributed by atoms with E-state index in [-0.39, 0.29) is 5.92 Å². The lowest BCUT2D eigenvalue weighted by Gasteiger charge is -2.35. The first-order chi connectivity index (χ1) is 14.0. The second-order valence-corrected chi connectivity index (χ2v) is 7.65. The number of hydroxylamine groups is 1. The summed E-state index contributed by atoms with van der Waals surface area (Å²) < 4.78 is 15.8. The lowest BCUT2D eigenvalue weighted by Crippen LogP contribution is -2.48. The molecule has 1 aliphatic rings. The number of esters is 1. The fraction of sp³-hybridized carbons (Fsp3) is 0.609. The lowest BCUT2D eigenvalue weighted by molar-refractivity contribution is -0.272. The number of unbranched alkanes of at least 4 members (excludes halogenated alkanes) is 2. The molecule has 0 radical (unpaired) electrons. The molecule has 2 rings (SSSR count). The van der Waals surface area contributed by atoms with Crippen LogP contribution in [0, 0.1) is 5.92 Å². The van der Waals surface area contributed by atoms with Crippen molar-refractivity contribution in [1.29, 1.82) is 0 Å². The molecule has 1 aliphatic heterocycles. The van der Waals surface area contributed by atoms with Crippen molar-refractivity contribution in [2.24, 2.45) is 5.92 Å². The molecule has 0 unspecified atom stereocenters. The molecule has 0 saturated carbocycles. The molecule has 0 aromatic heterocycles. The van der Waals surface area contributed by atoms with E-state index in [2.05, 4.69) is 43.2 Å². The Morgan fingerprint density at radius 1 is 1.21 bits per heavy atom. The van der Waals surface area contributed by atoms with Crippen molar-refractivity contribution in [2.45, 2.75) is 58.2 Å². The molecule has 0 amide bonds. The number of nitrogens with one attached hydrogen (secondary N) is 1. The molecular weight excluding hydrogens is 370 g/mol. The summed E-state index contributed by atoms with van der Waals surface area (Å²) in [4.78, 5) is 17.2. The summed E-state index contributed by atoms with van der Waals surface area (Å²) in [5.74, 6) is -1.49. The van der Waals surface area contributed by atoms with Crippen molar-refractivity contribution < 1.29 is 23.8 Å². The molecule has 162 valence electrons. The van der Waals surface area contributed by atoms with Crippen LogP contribution in [0.2, 0.25) is 0 Å². The monoisotopic (exact) mass is 405 g/mol. The zero-order valence-corrected chi connectivity index (χ0v) is 18.0. The number of benzene rings is 1. The van der Waals surface area contributed by atoms with Gasteiger partial charge in [-0.2, -0.15) is 0 Å². The summed E-state index contributed by atoms with van der Waals surface area (Å²) in [5, 5.41) is 0. The van der Waals surface area contributed by atoms with Crippen LogP contribution in [0.3, 0.4) is 0 Å². The van der Waals surface area contributed by atoms with Crippen molar-refractivity contribution in [3.63, 3.8) is 0 Å². The second kappa shape index (κ2) is 12.0. The van der Waals surface area contributed by atoms with Gasteiger partial charge in [0.1, 0.15) is 0 Å². The van der Waals surface area contributed by atoms with Gasteiger partial charge in [0.05, 0.1) is 32.6 Å². The Kier molecular flexibility index (Phi) is 9.64. The largest absolute Gasteiger partial charge is 0.465 e.